The number of hydrogen-bond donors (Lipinski definition) is 2. The van der Waals surface area contributed by atoms with Crippen molar-refractivity contribution in [1.82, 2.24) is 5.32 Å². The fourth-order valence-electron chi connectivity index (χ4n) is 3.06. The van der Waals surface area contributed by atoms with Crippen LogP contribution < -0.4 is 5.32 Å². The summed E-state index contributed by atoms with van der Waals surface area (Å²) in [7, 11) is 1.88. The Balaban J connectivity index is 2.16. The van der Waals surface area contributed by atoms with Gasteiger partial charge in [-0.15, -0.1) is 0 Å². The van der Waals surface area contributed by atoms with Gasteiger partial charge < -0.3 is 10.4 Å². The van der Waals surface area contributed by atoms with Crippen LogP contribution in [0.3, 0.4) is 0 Å². The highest BCUT2D eigenvalue weighted by molar-refractivity contribution is 5.32. The Morgan fingerprint density at radius 2 is 1.89 bits per heavy atom. The number of nitrogens with one attached hydrogen (secondary N) is 1. The zero-order chi connectivity index (χ0) is 13.0. The minimum Gasteiger partial charge on any atom is -0.387 e. The van der Waals surface area contributed by atoms with Gasteiger partial charge in [0.2, 0.25) is 0 Å². The molecule has 1 unspecified atom stereocenters. The topological polar surface area (TPSA) is 32.3 Å². The molecule has 2 N–H and O–H groups in total. The van der Waals surface area contributed by atoms with E-state index in [1.54, 1.807) is 0 Å². The highest BCUT2D eigenvalue weighted by atomic mass is 16.3. The number of aliphatic hydroxyl groups excluding tert-OH is 1. The maximum Gasteiger partial charge on any atom is 0.0917 e. The number of benzene rings is 1. The molecule has 0 spiro atoms. The zero-order valence-electron chi connectivity index (χ0n) is 11.5. The second kappa shape index (κ2) is 6.35. The lowest BCUT2D eigenvalue weighted by molar-refractivity contribution is 0.175. The monoisotopic (exact) mass is 247 g/mol. The van der Waals surface area contributed by atoms with E-state index in [9.17, 15) is 5.11 Å². The molecule has 1 aromatic rings. The fourth-order valence-corrected chi connectivity index (χ4v) is 3.06. The lowest BCUT2D eigenvalue weighted by Gasteiger charge is -2.29. The van der Waals surface area contributed by atoms with Crippen LogP contribution in [0, 0.1) is 5.92 Å². The zero-order valence-corrected chi connectivity index (χ0v) is 11.5. The van der Waals surface area contributed by atoms with E-state index >= 15 is 0 Å². The molecule has 1 atom stereocenters. The molecule has 0 aliphatic heterocycles. The lowest BCUT2D eigenvalue weighted by atomic mass is 9.77. The predicted octanol–water partition coefficient (Wildman–Crippen LogP) is 3.23. The minimum absolute atomic E-state index is 0.384. The Kier molecular flexibility index (Phi) is 4.79. The summed E-state index contributed by atoms with van der Waals surface area (Å²) >= 11 is 0. The van der Waals surface area contributed by atoms with Crippen LogP contribution in [0.2, 0.25) is 0 Å². The van der Waals surface area contributed by atoms with Gasteiger partial charge in [0.05, 0.1) is 6.10 Å². The summed E-state index contributed by atoms with van der Waals surface area (Å²) in [5, 5.41) is 13.3. The van der Waals surface area contributed by atoms with Gasteiger partial charge >= 0.3 is 0 Å². The molecule has 1 aliphatic carbocycles. The molecule has 0 saturated heterocycles. The maximum absolute atomic E-state index is 10.2. The van der Waals surface area contributed by atoms with E-state index in [2.05, 4.69) is 30.4 Å². The Morgan fingerprint density at radius 1 is 1.22 bits per heavy atom. The summed E-state index contributed by atoms with van der Waals surface area (Å²) in [6.07, 6.45) is 4.79. The number of likely N-dealkylation sites (N-methyl/N-ethyl adjacent to an activating group) is 1. The largest absolute Gasteiger partial charge is 0.387 e. The molecule has 0 heterocycles. The van der Waals surface area contributed by atoms with Gasteiger partial charge in [-0.05, 0) is 42.9 Å². The van der Waals surface area contributed by atoms with Gasteiger partial charge in [0, 0.05) is 6.54 Å². The van der Waals surface area contributed by atoms with Crippen molar-refractivity contribution < 1.29 is 5.11 Å². The first-order chi connectivity index (χ1) is 8.72. The minimum atomic E-state index is -0.384. The maximum atomic E-state index is 10.2. The van der Waals surface area contributed by atoms with E-state index in [0.29, 0.717) is 12.5 Å². The molecule has 1 aliphatic rings. The van der Waals surface area contributed by atoms with E-state index < -0.39 is 0 Å². The molecule has 18 heavy (non-hydrogen) atoms. The second-order valence-electron chi connectivity index (χ2n) is 5.66. The summed E-state index contributed by atoms with van der Waals surface area (Å²) in [5.41, 5.74) is 2.48. The molecule has 2 heteroatoms. The highest BCUT2D eigenvalue weighted by Crippen LogP contribution is 2.38. The molecule has 0 amide bonds. The average molecular weight is 247 g/mol. The second-order valence-corrected chi connectivity index (χ2v) is 5.66. The van der Waals surface area contributed by atoms with Gasteiger partial charge in [0.25, 0.3) is 0 Å². The van der Waals surface area contributed by atoms with Crippen LogP contribution in [0.15, 0.2) is 24.3 Å². The van der Waals surface area contributed by atoms with Gasteiger partial charge in [-0.1, -0.05) is 44.0 Å². The van der Waals surface area contributed by atoms with Crippen LogP contribution in [0.5, 0.6) is 0 Å². The average Bonchev–Trinajstić information content (AvgIpc) is 2.40. The van der Waals surface area contributed by atoms with Crippen LogP contribution in [-0.4, -0.2) is 18.7 Å². The summed E-state index contributed by atoms with van der Waals surface area (Å²) < 4.78 is 0. The van der Waals surface area contributed by atoms with Crippen molar-refractivity contribution in [3.63, 3.8) is 0 Å². The van der Waals surface area contributed by atoms with Crippen LogP contribution in [0.25, 0.3) is 0 Å². The Hall–Kier alpha value is -0.860. The van der Waals surface area contributed by atoms with Gasteiger partial charge in [0.1, 0.15) is 0 Å². The van der Waals surface area contributed by atoms with E-state index in [1.807, 2.05) is 13.1 Å². The molecule has 1 saturated carbocycles. The van der Waals surface area contributed by atoms with Crippen molar-refractivity contribution in [1.29, 1.82) is 0 Å². The normalized spacial score (nSPS) is 25.9. The van der Waals surface area contributed by atoms with Crippen molar-refractivity contribution in [2.24, 2.45) is 5.92 Å². The molecular weight excluding hydrogens is 222 g/mol. The van der Waals surface area contributed by atoms with E-state index in [0.717, 1.165) is 11.5 Å². The lowest BCUT2D eigenvalue weighted by Crippen LogP contribution is -2.19. The molecule has 2 rings (SSSR count). The number of rotatable bonds is 4. The summed E-state index contributed by atoms with van der Waals surface area (Å²) in [6.45, 7) is 2.97. The number of hydrogen-bond acceptors (Lipinski definition) is 2. The van der Waals surface area contributed by atoms with Crippen molar-refractivity contribution >= 4 is 0 Å². The standard InChI is InChI=1S/C16H25NO/c1-12-7-9-13(10-8-12)14-5-3-4-6-15(14)16(18)11-17-2/h3-6,12-13,16-18H,7-11H2,1-2H3. The molecule has 1 aromatic carbocycles. The molecular formula is C16H25NO. The molecule has 0 radical (unpaired) electrons. The van der Waals surface area contributed by atoms with Gasteiger partial charge in [0.15, 0.2) is 0 Å². The van der Waals surface area contributed by atoms with Gasteiger partial charge in [-0.2, -0.15) is 0 Å². The van der Waals surface area contributed by atoms with Crippen molar-refractivity contribution in [3.8, 4) is 0 Å². The van der Waals surface area contributed by atoms with Crippen molar-refractivity contribution in [3.05, 3.63) is 35.4 Å². The molecule has 0 bridgehead atoms. The SMILES string of the molecule is CNCC(O)c1ccccc1C1CCC(C)CC1. The third-order valence-electron chi connectivity index (χ3n) is 4.21. The summed E-state index contributed by atoms with van der Waals surface area (Å²) in [4.78, 5) is 0. The molecule has 1 fully saturated rings. The number of aliphatic hydroxyl groups is 1. The van der Waals surface area contributed by atoms with Crippen LogP contribution >= 0.6 is 0 Å². The van der Waals surface area contributed by atoms with E-state index in [1.165, 1.54) is 31.2 Å². The highest BCUT2D eigenvalue weighted by Gasteiger charge is 2.23. The smallest absolute Gasteiger partial charge is 0.0917 e. The third-order valence-corrected chi connectivity index (χ3v) is 4.21. The van der Waals surface area contributed by atoms with Crippen molar-refractivity contribution in [2.45, 2.75) is 44.6 Å². The predicted molar refractivity (Wildman–Crippen MR) is 75.7 cm³/mol. The Morgan fingerprint density at radius 3 is 2.56 bits per heavy atom. The summed E-state index contributed by atoms with van der Waals surface area (Å²) in [5.74, 6) is 1.51. The van der Waals surface area contributed by atoms with Crippen LogP contribution in [0.1, 0.15) is 55.8 Å². The quantitative estimate of drug-likeness (QED) is 0.856. The summed E-state index contributed by atoms with van der Waals surface area (Å²) in [6, 6.07) is 8.41. The fraction of sp³-hybridized carbons (Fsp3) is 0.625. The van der Waals surface area contributed by atoms with Crippen molar-refractivity contribution in [2.75, 3.05) is 13.6 Å². The first-order valence-corrected chi connectivity index (χ1v) is 7.14. The first-order valence-electron chi connectivity index (χ1n) is 7.14. The van der Waals surface area contributed by atoms with Gasteiger partial charge in [-0.3, -0.25) is 0 Å². The first kappa shape index (κ1) is 13.6. The third kappa shape index (κ3) is 3.12. The Bertz CT molecular complexity index is 369. The molecule has 2 nitrogen and oxygen atoms in total. The van der Waals surface area contributed by atoms with Crippen LogP contribution in [0.4, 0.5) is 0 Å². The Labute approximate surface area is 110 Å². The van der Waals surface area contributed by atoms with E-state index in [4.69, 9.17) is 0 Å². The van der Waals surface area contributed by atoms with Crippen LogP contribution in [-0.2, 0) is 0 Å². The molecule has 0 aromatic heterocycles. The van der Waals surface area contributed by atoms with E-state index in [-0.39, 0.29) is 6.10 Å². The molecule has 100 valence electrons. The van der Waals surface area contributed by atoms with Gasteiger partial charge in [-0.25, -0.2) is 0 Å².